The number of phosphoric ester groups is 1. The predicted molar refractivity (Wildman–Crippen MR) is 59.3 cm³/mol. The van der Waals surface area contributed by atoms with E-state index >= 15 is 0 Å². The number of alkyl halides is 6. The molecule has 0 bridgehead atoms. The molecular weight excluding hydrogens is 329 g/mol. The average Bonchev–Trinajstić information content (AvgIpc) is 2.24. The molecule has 1 rings (SSSR count). The van der Waals surface area contributed by atoms with Crippen LogP contribution in [0.15, 0.2) is 0 Å². The van der Waals surface area contributed by atoms with Crippen molar-refractivity contribution in [1.29, 1.82) is 0 Å². The van der Waals surface area contributed by atoms with Crippen LogP contribution in [-0.4, -0.2) is 29.0 Å². The maximum Gasteiger partial charge on any atom is 0.479 e. The molecule has 1 saturated heterocycles. The van der Waals surface area contributed by atoms with Crippen LogP contribution in [0.2, 0.25) is 0 Å². The van der Waals surface area contributed by atoms with E-state index in [1.807, 2.05) is 0 Å². The molecule has 126 valence electrons. The number of rotatable bonds is 1. The fourth-order valence-electron chi connectivity index (χ4n) is 1.74. The minimum atomic E-state index is -5.88. The van der Waals surface area contributed by atoms with Gasteiger partial charge in [-0.1, -0.05) is 13.8 Å². The van der Waals surface area contributed by atoms with Gasteiger partial charge in [0.05, 0.1) is 0 Å². The summed E-state index contributed by atoms with van der Waals surface area (Å²) in [7, 11) is -5.88. The summed E-state index contributed by atoms with van der Waals surface area (Å²) in [5.41, 5.74) is 0. The molecule has 0 aromatic carbocycles. The lowest BCUT2D eigenvalue weighted by atomic mass is 9.97. The Labute approximate surface area is 117 Å². The number of hydrogen-bond acceptors (Lipinski definition) is 3. The maximum atomic E-state index is 14.3. The highest BCUT2D eigenvalue weighted by Crippen LogP contribution is 2.58. The van der Waals surface area contributed by atoms with E-state index in [-0.39, 0.29) is 0 Å². The molecule has 3 atom stereocenters. The number of hydrogen-bond donors (Lipinski definition) is 1. The molecule has 1 aliphatic heterocycles. The van der Waals surface area contributed by atoms with Crippen LogP contribution in [0.25, 0.3) is 0 Å². The second-order valence-corrected chi connectivity index (χ2v) is 6.39. The third-order valence-electron chi connectivity index (χ3n) is 3.12. The highest BCUT2D eigenvalue weighted by Gasteiger charge is 2.67. The molecular formula is C10H15F6O4P. The average molecular weight is 344 g/mol. The van der Waals surface area contributed by atoms with Gasteiger partial charge in [0.15, 0.2) is 6.17 Å². The third-order valence-corrected chi connectivity index (χ3v) is 4.11. The quantitative estimate of drug-likeness (QED) is 0.572. The van der Waals surface area contributed by atoms with Crippen molar-refractivity contribution >= 4 is 7.82 Å². The van der Waals surface area contributed by atoms with Crippen LogP contribution in [0.4, 0.5) is 26.3 Å². The van der Waals surface area contributed by atoms with Crippen LogP contribution >= 0.6 is 7.82 Å². The van der Waals surface area contributed by atoms with Crippen molar-refractivity contribution in [3.8, 4) is 0 Å². The highest BCUT2D eigenvalue weighted by molar-refractivity contribution is 7.47. The Morgan fingerprint density at radius 1 is 1.19 bits per heavy atom. The van der Waals surface area contributed by atoms with Gasteiger partial charge in [-0.05, 0) is 12.8 Å². The van der Waals surface area contributed by atoms with Gasteiger partial charge in [-0.25, -0.2) is 22.4 Å². The smallest absolute Gasteiger partial charge is 0.302 e. The van der Waals surface area contributed by atoms with Gasteiger partial charge in [-0.3, -0.25) is 0 Å². The molecule has 0 aliphatic carbocycles. The van der Waals surface area contributed by atoms with Gasteiger partial charge >= 0.3 is 19.9 Å². The third kappa shape index (κ3) is 3.91. The Kier molecular flexibility index (Phi) is 5.10. The first-order valence-electron chi connectivity index (χ1n) is 6.06. The van der Waals surface area contributed by atoms with Crippen LogP contribution < -0.4 is 0 Å². The van der Waals surface area contributed by atoms with E-state index in [0.717, 1.165) is 0 Å². The van der Waals surface area contributed by atoms with Crippen molar-refractivity contribution in [3.05, 3.63) is 0 Å². The second-order valence-electron chi connectivity index (χ2n) is 5.09. The minimum Gasteiger partial charge on any atom is -0.302 e. The molecule has 0 amide bonds. The Morgan fingerprint density at radius 2 is 1.71 bits per heavy atom. The van der Waals surface area contributed by atoms with Gasteiger partial charge < -0.3 is 4.89 Å². The number of halogens is 6. The van der Waals surface area contributed by atoms with Crippen LogP contribution in [0.3, 0.4) is 0 Å². The van der Waals surface area contributed by atoms with Crippen molar-refractivity contribution in [2.45, 2.75) is 57.2 Å². The first kappa shape index (κ1) is 18.7. The maximum absolute atomic E-state index is 14.3. The van der Waals surface area contributed by atoms with E-state index in [1.165, 1.54) is 13.8 Å². The van der Waals surface area contributed by atoms with Crippen molar-refractivity contribution in [1.82, 2.24) is 0 Å². The lowest BCUT2D eigenvalue weighted by Gasteiger charge is -2.35. The van der Waals surface area contributed by atoms with Crippen LogP contribution in [0, 0.1) is 5.92 Å². The molecule has 0 saturated carbocycles. The van der Waals surface area contributed by atoms with Crippen molar-refractivity contribution < 1.29 is 44.8 Å². The normalized spacial score (nSPS) is 41.0. The Balaban J connectivity index is 3.19. The summed E-state index contributed by atoms with van der Waals surface area (Å²) in [6.45, 7) is 2.43. The molecule has 4 nitrogen and oxygen atoms in total. The fraction of sp³-hybridized carbons (Fsp3) is 1.00. The first-order chi connectivity index (χ1) is 9.24. The van der Waals surface area contributed by atoms with E-state index in [2.05, 4.69) is 9.05 Å². The van der Waals surface area contributed by atoms with Crippen molar-refractivity contribution in [2.24, 2.45) is 5.92 Å². The monoisotopic (exact) mass is 344 g/mol. The van der Waals surface area contributed by atoms with Gasteiger partial charge in [0, 0.05) is 12.3 Å². The van der Waals surface area contributed by atoms with Crippen LogP contribution in [0.1, 0.15) is 33.1 Å². The van der Waals surface area contributed by atoms with Gasteiger partial charge in [0.2, 0.25) is 5.85 Å². The molecule has 11 heteroatoms. The van der Waals surface area contributed by atoms with Gasteiger partial charge in [-0.15, -0.1) is 0 Å². The molecule has 0 aromatic rings. The molecule has 1 fully saturated rings. The summed E-state index contributed by atoms with van der Waals surface area (Å²) in [5.74, 6) is -9.30. The summed E-state index contributed by atoms with van der Waals surface area (Å²) < 4.78 is 98.8. The van der Waals surface area contributed by atoms with Crippen LogP contribution in [-0.2, 0) is 13.6 Å². The highest BCUT2D eigenvalue weighted by atomic mass is 31.2. The van der Waals surface area contributed by atoms with Crippen LogP contribution in [0.5, 0.6) is 0 Å². The standard InChI is InChI=1S/C10H15F6O4P/c1-6(2)8(12)5-3-4-7(11)9(13,14)10(15,16)20-21(17,18)19-8/h6-7H,3-5H2,1-2H3,(H,17,18). The van der Waals surface area contributed by atoms with Gasteiger partial charge in [0.1, 0.15) is 0 Å². The lowest BCUT2D eigenvalue weighted by Crippen LogP contribution is -2.50. The Bertz CT molecular complexity index is 432. The molecule has 0 radical (unpaired) electrons. The second kappa shape index (κ2) is 5.72. The largest absolute Gasteiger partial charge is 0.479 e. The molecule has 1 heterocycles. The molecule has 21 heavy (non-hydrogen) atoms. The summed E-state index contributed by atoms with van der Waals surface area (Å²) in [6, 6.07) is 0. The van der Waals surface area contributed by atoms with E-state index in [9.17, 15) is 30.9 Å². The van der Waals surface area contributed by atoms with E-state index in [4.69, 9.17) is 4.89 Å². The molecule has 3 unspecified atom stereocenters. The van der Waals surface area contributed by atoms with E-state index in [0.29, 0.717) is 0 Å². The lowest BCUT2D eigenvalue weighted by molar-refractivity contribution is -0.337. The fourth-order valence-corrected chi connectivity index (χ4v) is 2.88. The molecule has 0 aromatic heterocycles. The summed E-state index contributed by atoms with van der Waals surface area (Å²) in [4.78, 5) is 9.07. The summed E-state index contributed by atoms with van der Waals surface area (Å²) >= 11 is 0. The predicted octanol–water partition coefficient (Wildman–Crippen LogP) is 4.19. The van der Waals surface area contributed by atoms with E-state index in [1.54, 1.807) is 0 Å². The topological polar surface area (TPSA) is 55.8 Å². The number of phosphoric acid groups is 1. The first-order valence-corrected chi connectivity index (χ1v) is 7.56. The summed E-state index contributed by atoms with van der Waals surface area (Å²) in [6.07, 6.45) is -11.4. The molecule has 1 aliphatic rings. The Morgan fingerprint density at radius 3 is 2.19 bits per heavy atom. The zero-order chi connectivity index (χ0) is 16.7. The minimum absolute atomic E-state index is 0.582. The zero-order valence-electron chi connectivity index (χ0n) is 11.2. The van der Waals surface area contributed by atoms with E-state index < -0.39 is 57.1 Å². The molecule has 1 N–H and O–H groups in total. The van der Waals surface area contributed by atoms with Crippen molar-refractivity contribution in [2.75, 3.05) is 0 Å². The molecule has 0 spiro atoms. The summed E-state index contributed by atoms with van der Waals surface area (Å²) in [5, 5.41) is 0. The zero-order valence-corrected chi connectivity index (χ0v) is 12.1. The van der Waals surface area contributed by atoms with Gasteiger partial charge in [0.25, 0.3) is 0 Å². The Hall–Kier alpha value is -0.310. The van der Waals surface area contributed by atoms with Crippen molar-refractivity contribution in [3.63, 3.8) is 0 Å². The SMILES string of the molecule is CC(C)C1(F)CCCC(F)C(F)(F)C(F)(F)OP(=O)(O)O1. The van der Waals surface area contributed by atoms with Gasteiger partial charge in [-0.2, -0.15) is 17.6 Å².